The largest absolute Gasteiger partial charge is 0.369 e. The summed E-state index contributed by atoms with van der Waals surface area (Å²) in [7, 11) is 0. The van der Waals surface area contributed by atoms with Crippen molar-refractivity contribution in [3.63, 3.8) is 0 Å². The number of nitrogens with two attached hydrogens (primary N) is 1. The molecule has 0 aromatic carbocycles. The van der Waals surface area contributed by atoms with E-state index in [1.807, 2.05) is 0 Å². The van der Waals surface area contributed by atoms with Gasteiger partial charge in [0.25, 0.3) is 0 Å². The maximum Gasteiger partial charge on any atom is 0.222 e. The molecule has 2 unspecified atom stereocenters. The minimum atomic E-state index is -0.149. The molecule has 0 aromatic heterocycles. The summed E-state index contributed by atoms with van der Waals surface area (Å²) >= 11 is 0. The summed E-state index contributed by atoms with van der Waals surface area (Å²) in [6.07, 6.45) is 6.50. The molecule has 0 bridgehead atoms. The Kier molecular flexibility index (Phi) is 4.82. The molecule has 3 nitrogen and oxygen atoms in total. The number of amides is 1. The van der Waals surface area contributed by atoms with Gasteiger partial charge in [-0.25, -0.2) is 0 Å². The number of hydrogen-bond acceptors (Lipinski definition) is 2. The van der Waals surface area contributed by atoms with Crippen molar-refractivity contribution in [2.75, 3.05) is 6.54 Å². The molecule has 3 heteroatoms. The first-order valence-corrected chi connectivity index (χ1v) is 5.77. The second-order valence-corrected chi connectivity index (χ2v) is 4.59. The van der Waals surface area contributed by atoms with Crippen molar-refractivity contribution in [3.05, 3.63) is 11.6 Å². The Balaban J connectivity index is 2.43. The molecule has 0 saturated heterocycles. The lowest BCUT2D eigenvalue weighted by molar-refractivity contribution is -0.123. The Bertz CT molecular complexity index is 244. The lowest BCUT2D eigenvalue weighted by Gasteiger charge is -2.29. The molecule has 1 amide bonds. The zero-order chi connectivity index (χ0) is 11.3. The van der Waals surface area contributed by atoms with Crippen molar-refractivity contribution >= 4 is 5.91 Å². The number of primary amides is 1. The smallest absolute Gasteiger partial charge is 0.222 e. The van der Waals surface area contributed by atoms with Gasteiger partial charge in [0, 0.05) is 12.6 Å². The Morgan fingerprint density at radius 2 is 2.07 bits per heavy atom. The second-order valence-electron chi connectivity index (χ2n) is 4.59. The van der Waals surface area contributed by atoms with Gasteiger partial charge in [-0.15, -0.1) is 0 Å². The fourth-order valence-electron chi connectivity index (χ4n) is 2.13. The third kappa shape index (κ3) is 4.04. The number of hydrogen-bond donors (Lipinski definition) is 2. The van der Waals surface area contributed by atoms with Crippen molar-refractivity contribution in [2.45, 2.75) is 45.6 Å². The zero-order valence-corrected chi connectivity index (χ0v) is 9.75. The Morgan fingerprint density at radius 3 is 2.67 bits per heavy atom. The lowest BCUT2D eigenvalue weighted by atomic mass is 9.84. The minimum Gasteiger partial charge on any atom is -0.369 e. The predicted molar refractivity (Wildman–Crippen MR) is 62.4 cm³/mol. The molecule has 2 atom stereocenters. The summed E-state index contributed by atoms with van der Waals surface area (Å²) in [5, 5.41) is 3.41. The molecule has 0 spiro atoms. The van der Waals surface area contributed by atoms with Crippen LogP contribution in [0.1, 0.15) is 39.5 Å². The van der Waals surface area contributed by atoms with Crippen molar-refractivity contribution in [1.82, 2.24) is 5.32 Å². The molecule has 1 saturated carbocycles. The first kappa shape index (κ1) is 12.2. The summed E-state index contributed by atoms with van der Waals surface area (Å²) < 4.78 is 0. The van der Waals surface area contributed by atoms with Gasteiger partial charge in [0.15, 0.2) is 0 Å². The highest BCUT2D eigenvalue weighted by atomic mass is 16.1. The molecule has 1 fully saturated rings. The second kappa shape index (κ2) is 5.91. The van der Waals surface area contributed by atoms with E-state index in [9.17, 15) is 4.79 Å². The van der Waals surface area contributed by atoms with Crippen LogP contribution in [0.15, 0.2) is 11.6 Å². The summed E-state index contributed by atoms with van der Waals surface area (Å²) in [5.74, 6) is -0.117. The quantitative estimate of drug-likeness (QED) is 0.692. The molecule has 15 heavy (non-hydrogen) atoms. The van der Waals surface area contributed by atoms with Gasteiger partial charge in [-0.1, -0.05) is 24.5 Å². The normalized spacial score (nSPS) is 26.0. The van der Waals surface area contributed by atoms with E-state index in [1.165, 1.54) is 12.0 Å². The van der Waals surface area contributed by atoms with Crippen LogP contribution in [0.4, 0.5) is 0 Å². The Morgan fingerprint density at radius 1 is 1.40 bits per heavy atom. The number of nitrogens with one attached hydrogen (secondary N) is 1. The zero-order valence-electron chi connectivity index (χ0n) is 9.75. The fraction of sp³-hybridized carbons (Fsp3) is 0.750. The van der Waals surface area contributed by atoms with Gasteiger partial charge < -0.3 is 11.1 Å². The topological polar surface area (TPSA) is 55.1 Å². The maximum absolute atomic E-state index is 11.2. The molecule has 1 aliphatic rings. The van der Waals surface area contributed by atoms with Crippen LogP contribution in [-0.2, 0) is 4.79 Å². The summed E-state index contributed by atoms with van der Waals surface area (Å²) in [4.78, 5) is 11.2. The summed E-state index contributed by atoms with van der Waals surface area (Å²) in [6.45, 7) is 5.00. The number of allylic oxidation sites excluding steroid dienone is 1. The van der Waals surface area contributed by atoms with Crippen LogP contribution in [0.5, 0.6) is 0 Å². The van der Waals surface area contributed by atoms with E-state index in [-0.39, 0.29) is 17.9 Å². The van der Waals surface area contributed by atoms with E-state index in [1.54, 1.807) is 0 Å². The number of carbonyl (C=O) groups is 1. The van der Waals surface area contributed by atoms with Gasteiger partial charge >= 0.3 is 0 Å². The lowest BCUT2D eigenvalue weighted by Crippen LogP contribution is -2.44. The number of carbonyl (C=O) groups excluding carboxylic acids is 1. The van der Waals surface area contributed by atoms with Gasteiger partial charge in [-0.3, -0.25) is 4.79 Å². The molecule has 86 valence electrons. The van der Waals surface area contributed by atoms with Crippen LogP contribution in [0.3, 0.4) is 0 Å². The molecular weight excluding hydrogens is 188 g/mol. The Hall–Kier alpha value is -0.830. The molecule has 0 heterocycles. The van der Waals surface area contributed by atoms with Crippen LogP contribution in [-0.4, -0.2) is 18.5 Å². The average Bonchev–Trinajstić information content (AvgIpc) is 2.17. The van der Waals surface area contributed by atoms with E-state index in [0.717, 1.165) is 25.8 Å². The monoisotopic (exact) mass is 210 g/mol. The van der Waals surface area contributed by atoms with Crippen LogP contribution < -0.4 is 11.1 Å². The van der Waals surface area contributed by atoms with Crippen molar-refractivity contribution in [3.8, 4) is 0 Å². The average molecular weight is 210 g/mol. The molecule has 0 aliphatic heterocycles. The molecule has 0 aromatic rings. The van der Waals surface area contributed by atoms with Gasteiger partial charge in [-0.2, -0.15) is 0 Å². The van der Waals surface area contributed by atoms with E-state index >= 15 is 0 Å². The molecule has 3 N–H and O–H groups in total. The maximum atomic E-state index is 11.2. The van der Waals surface area contributed by atoms with Crippen molar-refractivity contribution in [1.29, 1.82) is 0 Å². The third-order valence-corrected chi connectivity index (χ3v) is 3.02. The molecule has 0 radical (unpaired) electrons. The van der Waals surface area contributed by atoms with Gasteiger partial charge in [0.2, 0.25) is 5.91 Å². The molecule has 1 aliphatic carbocycles. The van der Waals surface area contributed by atoms with Crippen LogP contribution >= 0.6 is 0 Å². The van der Waals surface area contributed by atoms with Gasteiger partial charge in [0.05, 0.1) is 5.92 Å². The highest BCUT2D eigenvalue weighted by Gasteiger charge is 2.28. The van der Waals surface area contributed by atoms with Crippen LogP contribution in [0.2, 0.25) is 0 Å². The molecular formula is C12H22N2O. The predicted octanol–water partition coefficient (Wildman–Crippen LogP) is 1.59. The highest BCUT2D eigenvalue weighted by Crippen LogP contribution is 2.23. The van der Waals surface area contributed by atoms with E-state index in [2.05, 4.69) is 25.2 Å². The van der Waals surface area contributed by atoms with Gasteiger partial charge in [-0.05, 0) is 26.7 Å². The SMILES string of the molecule is CC(C)=CCNC1CCCCC1C(N)=O. The van der Waals surface area contributed by atoms with Crippen molar-refractivity contribution < 1.29 is 4.79 Å². The standard InChI is InChI=1S/C12H22N2O/c1-9(2)7-8-14-11-6-4-3-5-10(11)12(13)15/h7,10-11,14H,3-6,8H2,1-2H3,(H2,13,15). The van der Waals surface area contributed by atoms with Crippen molar-refractivity contribution in [2.24, 2.45) is 11.7 Å². The van der Waals surface area contributed by atoms with Crippen LogP contribution in [0.25, 0.3) is 0 Å². The Labute approximate surface area is 92.1 Å². The van der Waals surface area contributed by atoms with Gasteiger partial charge in [0.1, 0.15) is 0 Å². The van der Waals surface area contributed by atoms with Crippen LogP contribution in [0, 0.1) is 5.92 Å². The molecule has 1 rings (SSSR count). The van der Waals surface area contributed by atoms with E-state index in [0.29, 0.717) is 0 Å². The van der Waals surface area contributed by atoms with E-state index in [4.69, 9.17) is 5.73 Å². The van der Waals surface area contributed by atoms with E-state index < -0.39 is 0 Å². The summed E-state index contributed by atoms with van der Waals surface area (Å²) in [5.41, 5.74) is 6.69. The first-order chi connectivity index (χ1) is 7.11. The first-order valence-electron chi connectivity index (χ1n) is 5.77. The minimum absolute atomic E-state index is 0.0318. The number of rotatable bonds is 4. The third-order valence-electron chi connectivity index (χ3n) is 3.02. The highest BCUT2D eigenvalue weighted by molar-refractivity contribution is 5.77. The fourth-order valence-corrected chi connectivity index (χ4v) is 2.13. The summed E-state index contributed by atoms with van der Waals surface area (Å²) in [6, 6.07) is 0.284.